The lowest BCUT2D eigenvalue weighted by Crippen LogP contribution is -2.36. The van der Waals surface area contributed by atoms with E-state index in [2.05, 4.69) is 4.90 Å². The van der Waals surface area contributed by atoms with Crippen LogP contribution in [-0.4, -0.2) is 51.9 Å². The van der Waals surface area contributed by atoms with Crippen molar-refractivity contribution in [1.82, 2.24) is 14.5 Å². The maximum Gasteiger partial charge on any atom is 0.419 e. The van der Waals surface area contributed by atoms with Crippen molar-refractivity contribution in [3.8, 4) is 11.5 Å². The smallest absolute Gasteiger partial charge is 0.419 e. The monoisotopic (exact) mass is 629 g/mol. The number of carboxylic acid groups (broad SMARTS) is 1. The van der Waals surface area contributed by atoms with Gasteiger partial charge >= 0.3 is 12.1 Å². The number of carbonyl (C=O) groups is 1. The van der Waals surface area contributed by atoms with Gasteiger partial charge in [0.25, 0.3) is 0 Å². The highest BCUT2D eigenvalue weighted by Crippen LogP contribution is 2.42. The van der Waals surface area contributed by atoms with Crippen LogP contribution < -0.4 is 9.47 Å². The number of hydrogen-bond donors (Lipinski definition) is 1. The van der Waals surface area contributed by atoms with E-state index < -0.39 is 17.7 Å². The first-order valence-electron chi connectivity index (χ1n) is 14.3. The molecule has 6 rings (SSSR count). The van der Waals surface area contributed by atoms with Crippen LogP contribution in [0.1, 0.15) is 57.8 Å². The quantitative estimate of drug-likeness (QED) is 0.215. The van der Waals surface area contributed by atoms with Gasteiger partial charge in [0, 0.05) is 29.8 Å². The van der Waals surface area contributed by atoms with E-state index in [-0.39, 0.29) is 30.1 Å². The molecular formula is C32H31ClF3N3O5. The summed E-state index contributed by atoms with van der Waals surface area (Å²) in [5, 5.41) is 10.1. The minimum Gasteiger partial charge on any atom is -0.494 e. The van der Waals surface area contributed by atoms with Crippen molar-refractivity contribution in [2.24, 2.45) is 0 Å². The number of alkyl halides is 3. The van der Waals surface area contributed by atoms with Gasteiger partial charge in [-0.1, -0.05) is 29.8 Å². The third-order valence-corrected chi connectivity index (χ3v) is 8.81. The lowest BCUT2D eigenvalue weighted by atomic mass is 9.91. The molecule has 1 N–H and O–H groups in total. The molecule has 12 heteroatoms. The Morgan fingerprint density at radius 3 is 2.61 bits per heavy atom. The lowest BCUT2D eigenvalue weighted by Gasteiger charge is -2.36. The zero-order valence-electron chi connectivity index (χ0n) is 24.2. The first-order valence-corrected chi connectivity index (χ1v) is 14.7. The first kappa shape index (κ1) is 30.2. The molecule has 1 fully saturated rings. The van der Waals surface area contributed by atoms with Crippen LogP contribution in [0.4, 0.5) is 13.2 Å². The molecule has 8 nitrogen and oxygen atoms in total. The summed E-state index contributed by atoms with van der Waals surface area (Å²) in [6.45, 7) is 3.89. The average molecular weight is 630 g/mol. The van der Waals surface area contributed by atoms with Crippen LogP contribution in [0.3, 0.4) is 0 Å². The van der Waals surface area contributed by atoms with Crippen molar-refractivity contribution in [1.29, 1.82) is 0 Å². The number of imidazole rings is 1. The largest absolute Gasteiger partial charge is 0.494 e. The van der Waals surface area contributed by atoms with Gasteiger partial charge in [-0.15, -0.1) is 0 Å². The van der Waals surface area contributed by atoms with Gasteiger partial charge < -0.3 is 23.9 Å². The van der Waals surface area contributed by atoms with E-state index in [9.17, 15) is 23.1 Å². The highest BCUT2D eigenvalue weighted by Gasteiger charge is 2.37. The van der Waals surface area contributed by atoms with Crippen molar-refractivity contribution in [3.05, 3.63) is 87.2 Å². The Morgan fingerprint density at radius 1 is 1.18 bits per heavy atom. The summed E-state index contributed by atoms with van der Waals surface area (Å²) in [7, 11) is 1.47. The molecule has 0 unspecified atom stereocenters. The van der Waals surface area contributed by atoms with Crippen molar-refractivity contribution < 1.29 is 37.3 Å². The average Bonchev–Trinajstić information content (AvgIpc) is 3.31. The summed E-state index contributed by atoms with van der Waals surface area (Å²) >= 11 is 6.22. The summed E-state index contributed by atoms with van der Waals surface area (Å²) in [5.74, 6) is -0.281. The number of aromatic carboxylic acids is 1. The van der Waals surface area contributed by atoms with E-state index in [1.54, 1.807) is 30.3 Å². The van der Waals surface area contributed by atoms with Gasteiger partial charge in [-0.2, -0.15) is 13.2 Å². The molecule has 2 atom stereocenters. The van der Waals surface area contributed by atoms with Crippen LogP contribution in [0, 0.1) is 0 Å². The van der Waals surface area contributed by atoms with Crippen LogP contribution in [0.25, 0.3) is 11.0 Å². The van der Waals surface area contributed by atoms with Gasteiger partial charge in [0.15, 0.2) is 0 Å². The standard InChI is InChI=1S/C32H31ClF3N3O5/c1-18-23-14-27(44-17-20-5-3-4-6-25(20)33)24(32(34,35)36)11-19(23)7-9-38(18)16-29-37-30-26(39(29)15-22-8-10-43-22)12-21(31(40)41)13-28(30)42-2/h3-6,11-14,18,22H,7-10,15-17H2,1-2H3,(H,40,41)/t18-,22-/m0/s1. The van der Waals surface area contributed by atoms with Crippen molar-refractivity contribution >= 4 is 28.6 Å². The third-order valence-electron chi connectivity index (χ3n) is 8.44. The highest BCUT2D eigenvalue weighted by molar-refractivity contribution is 6.31. The molecule has 2 aliphatic heterocycles. The normalized spacial score (nSPS) is 18.6. The Labute approximate surface area is 256 Å². The molecule has 0 bridgehead atoms. The molecule has 0 spiro atoms. The lowest BCUT2D eigenvalue weighted by molar-refractivity contribution is -0.139. The molecule has 0 saturated carbocycles. The number of ether oxygens (including phenoxy) is 3. The molecule has 1 aromatic heterocycles. The Balaban J connectivity index is 1.34. The second-order valence-electron chi connectivity index (χ2n) is 11.1. The fourth-order valence-corrected chi connectivity index (χ4v) is 6.08. The van der Waals surface area contributed by atoms with Gasteiger partial charge in [0.05, 0.1) is 42.9 Å². The molecular weight excluding hydrogens is 599 g/mol. The second-order valence-corrected chi connectivity index (χ2v) is 11.5. The van der Waals surface area contributed by atoms with E-state index in [4.69, 9.17) is 30.8 Å². The number of methoxy groups -OCH3 is 1. The zero-order valence-corrected chi connectivity index (χ0v) is 24.9. The maximum atomic E-state index is 14.1. The molecule has 0 radical (unpaired) electrons. The third kappa shape index (κ3) is 5.83. The number of hydrogen-bond acceptors (Lipinski definition) is 6. The van der Waals surface area contributed by atoms with Crippen LogP contribution in [0.5, 0.6) is 11.5 Å². The Morgan fingerprint density at radius 2 is 1.95 bits per heavy atom. The number of benzene rings is 3. The second kappa shape index (κ2) is 11.9. The van der Waals surface area contributed by atoms with Crippen LogP contribution in [0.15, 0.2) is 48.5 Å². The van der Waals surface area contributed by atoms with Crippen molar-refractivity contribution in [3.63, 3.8) is 0 Å². The van der Waals surface area contributed by atoms with Crippen LogP contribution >= 0.6 is 11.6 Å². The molecule has 232 valence electrons. The summed E-state index contributed by atoms with van der Waals surface area (Å²) < 4.78 is 61.3. The summed E-state index contributed by atoms with van der Waals surface area (Å²) in [5.41, 5.74) is 2.40. The number of aromatic nitrogens is 2. The van der Waals surface area contributed by atoms with Crippen molar-refractivity contribution in [2.75, 3.05) is 20.3 Å². The van der Waals surface area contributed by atoms with Crippen LogP contribution in [0.2, 0.25) is 5.02 Å². The number of fused-ring (bicyclic) bond motifs is 2. The predicted octanol–water partition coefficient (Wildman–Crippen LogP) is 6.90. The highest BCUT2D eigenvalue weighted by atomic mass is 35.5. The Bertz CT molecular complexity index is 1720. The minimum atomic E-state index is -4.59. The number of rotatable bonds is 9. The Kier molecular flexibility index (Phi) is 8.21. The van der Waals surface area contributed by atoms with Crippen LogP contribution in [-0.2, 0) is 37.0 Å². The fraction of sp³-hybridized carbons (Fsp3) is 0.375. The topological polar surface area (TPSA) is 86.0 Å². The van der Waals surface area contributed by atoms with E-state index in [0.29, 0.717) is 71.4 Å². The molecule has 0 amide bonds. The minimum absolute atomic E-state index is 0.0243. The number of nitrogens with zero attached hydrogens (tertiary/aromatic N) is 3. The zero-order chi connectivity index (χ0) is 31.2. The molecule has 44 heavy (non-hydrogen) atoms. The predicted molar refractivity (Wildman–Crippen MR) is 157 cm³/mol. The van der Waals surface area contributed by atoms with E-state index in [1.807, 2.05) is 11.5 Å². The van der Waals surface area contributed by atoms with E-state index in [1.165, 1.54) is 25.3 Å². The van der Waals surface area contributed by atoms with Gasteiger partial charge in [-0.05, 0) is 61.2 Å². The maximum absolute atomic E-state index is 14.1. The Hall–Kier alpha value is -3.80. The molecule has 1 saturated heterocycles. The van der Waals surface area contributed by atoms with E-state index >= 15 is 0 Å². The fourth-order valence-electron chi connectivity index (χ4n) is 5.89. The summed E-state index contributed by atoms with van der Waals surface area (Å²) in [6.07, 6.45) is -3.33. The van der Waals surface area contributed by atoms with Gasteiger partial charge in [0.1, 0.15) is 29.4 Å². The van der Waals surface area contributed by atoms with Crippen molar-refractivity contribution in [2.45, 2.75) is 57.8 Å². The molecule has 3 aromatic carbocycles. The van der Waals surface area contributed by atoms with Gasteiger partial charge in [-0.3, -0.25) is 4.90 Å². The number of carboxylic acids is 1. The first-order chi connectivity index (χ1) is 21.0. The summed E-state index contributed by atoms with van der Waals surface area (Å²) in [6, 6.07) is 12.4. The molecule has 3 heterocycles. The van der Waals surface area contributed by atoms with E-state index in [0.717, 1.165) is 12.0 Å². The molecule has 2 aliphatic rings. The number of halogens is 4. The van der Waals surface area contributed by atoms with Gasteiger partial charge in [-0.25, -0.2) is 9.78 Å². The summed E-state index contributed by atoms with van der Waals surface area (Å²) in [4.78, 5) is 18.9. The molecule has 0 aliphatic carbocycles. The molecule has 4 aromatic rings. The SMILES string of the molecule is COc1cc(C(=O)O)cc2c1nc(CN1CCc3cc(C(F)(F)F)c(OCc4ccccc4Cl)cc3[C@@H]1C)n2C[C@@H]1CCO1. The van der Waals surface area contributed by atoms with Gasteiger partial charge in [0.2, 0.25) is 0 Å².